The smallest absolute Gasteiger partial charge is 0.315 e. The van der Waals surface area contributed by atoms with Crippen molar-refractivity contribution >= 4 is 11.7 Å². The Kier molecular flexibility index (Phi) is 4.99. The highest BCUT2D eigenvalue weighted by atomic mass is 16.6. The fourth-order valence-corrected chi connectivity index (χ4v) is 3.77. The number of benzene rings is 1. The molecule has 1 aliphatic heterocycles. The van der Waals surface area contributed by atoms with Gasteiger partial charge in [-0.3, -0.25) is 10.1 Å². The number of hydrogen-bond acceptors (Lipinski definition) is 4. The number of nitro groups is 1. The Bertz CT molecular complexity index is 614. The molecule has 3 rings (SSSR count). The summed E-state index contributed by atoms with van der Waals surface area (Å²) in [5.41, 5.74) is 0.472. The Labute approximate surface area is 140 Å². The first-order chi connectivity index (χ1) is 11.6. The lowest BCUT2D eigenvalue weighted by atomic mass is 9.89. The fraction of sp³-hybridized carbons (Fsp3) is 0.588. The molecule has 0 radical (unpaired) electrons. The lowest BCUT2D eigenvalue weighted by Gasteiger charge is -2.38. The molecule has 1 heterocycles. The first-order valence-electron chi connectivity index (χ1n) is 8.49. The van der Waals surface area contributed by atoms with Crippen molar-refractivity contribution in [1.82, 2.24) is 10.6 Å². The van der Waals surface area contributed by atoms with Crippen LogP contribution in [0.1, 0.15) is 44.1 Å². The van der Waals surface area contributed by atoms with Gasteiger partial charge >= 0.3 is 6.03 Å². The van der Waals surface area contributed by atoms with Gasteiger partial charge in [0.2, 0.25) is 0 Å². The minimum atomic E-state index is -0.433. The van der Waals surface area contributed by atoms with Gasteiger partial charge in [-0.15, -0.1) is 0 Å². The average Bonchev–Trinajstić information content (AvgIpc) is 3.00. The van der Waals surface area contributed by atoms with E-state index >= 15 is 0 Å². The van der Waals surface area contributed by atoms with Gasteiger partial charge < -0.3 is 15.4 Å². The molecule has 2 aliphatic rings. The summed E-state index contributed by atoms with van der Waals surface area (Å²) >= 11 is 0. The molecule has 1 saturated heterocycles. The molecule has 7 nitrogen and oxygen atoms in total. The second kappa shape index (κ2) is 7.17. The van der Waals surface area contributed by atoms with E-state index in [1.54, 1.807) is 18.2 Å². The molecule has 1 aliphatic carbocycles. The molecule has 0 aromatic heterocycles. The van der Waals surface area contributed by atoms with Crippen LogP contribution in [0.3, 0.4) is 0 Å². The van der Waals surface area contributed by atoms with Crippen molar-refractivity contribution < 1.29 is 14.5 Å². The van der Waals surface area contributed by atoms with E-state index < -0.39 is 4.92 Å². The Balaban J connectivity index is 1.52. The highest BCUT2D eigenvalue weighted by Crippen LogP contribution is 2.39. The van der Waals surface area contributed by atoms with Gasteiger partial charge in [-0.1, -0.05) is 31.0 Å². The van der Waals surface area contributed by atoms with Gasteiger partial charge in [0.25, 0.3) is 5.69 Å². The molecule has 1 spiro atoms. The molecule has 0 unspecified atom stereocenters. The zero-order valence-corrected chi connectivity index (χ0v) is 13.6. The summed E-state index contributed by atoms with van der Waals surface area (Å²) in [4.78, 5) is 22.7. The molecule has 24 heavy (non-hydrogen) atoms. The van der Waals surface area contributed by atoms with Crippen LogP contribution in [-0.2, 0) is 11.3 Å². The minimum absolute atomic E-state index is 0.0220. The van der Waals surface area contributed by atoms with Gasteiger partial charge in [0, 0.05) is 24.3 Å². The molecule has 130 valence electrons. The predicted molar refractivity (Wildman–Crippen MR) is 88.6 cm³/mol. The normalized spacial score (nSPS) is 22.2. The summed E-state index contributed by atoms with van der Waals surface area (Å²) in [6, 6.07) is 6.25. The van der Waals surface area contributed by atoms with Gasteiger partial charge in [0.1, 0.15) is 0 Å². The lowest BCUT2D eigenvalue weighted by molar-refractivity contribution is -0.385. The largest absolute Gasteiger partial charge is 0.375 e. The van der Waals surface area contributed by atoms with Gasteiger partial charge in [-0.05, 0) is 25.7 Å². The summed E-state index contributed by atoms with van der Waals surface area (Å²) < 4.78 is 5.96. The van der Waals surface area contributed by atoms with E-state index in [-0.39, 0.29) is 29.9 Å². The van der Waals surface area contributed by atoms with Crippen LogP contribution in [0, 0.1) is 10.1 Å². The predicted octanol–water partition coefficient (Wildman–Crippen LogP) is 2.89. The summed E-state index contributed by atoms with van der Waals surface area (Å²) in [7, 11) is 0. The molecular formula is C17H23N3O4. The molecule has 1 aromatic carbocycles. The van der Waals surface area contributed by atoms with Gasteiger partial charge in [-0.25, -0.2) is 4.79 Å². The summed E-state index contributed by atoms with van der Waals surface area (Å²) in [5, 5.41) is 16.7. The number of nitro benzene ring substituents is 1. The van der Waals surface area contributed by atoms with Gasteiger partial charge in [0.05, 0.1) is 17.1 Å². The number of carbonyl (C=O) groups excluding carboxylic acids is 1. The lowest BCUT2D eigenvalue weighted by Crippen LogP contribution is -2.49. The highest BCUT2D eigenvalue weighted by Gasteiger charge is 2.40. The number of urea groups is 1. The maximum Gasteiger partial charge on any atom is 0.315 e. The summed E-state index contributed by atoms with van der Waals surface area (Å²) in [6.45, 7) is 0.812. The highest BCUT2D eigenvalue weighted by molar-refractivity contribution is 5.74. The third-order valence-corrected chi connectivity index (χ3v) is 4.97. The Hall–Kier alpha value is -2.15. The Morgan fingerprint density at radius 3 is 2.83 bits per heavy atom. The molecule has 2 N–H and O–H groups in total. The maximum absolute atomic E-state index is 12.1. The van der Waals surface area contributed by atoms with E-state index in [0.29, 0.717) is 12.2 Å². The molecule has 1 saturated carbocycles. The fourth-order valence-electron chi connectivity index (χ4n) is 3.77. The van der Waals surface area contributed by atoms with Crippen molar-refractivity contribution in [2.24, 2.45) is 0 Å². The SMILES string of the molecule is O=C(NCc1ccccc1[N+](=O)[O-])N[C@@H]1CCOC2(CCCC2)C1. The van der Waals surface area contributed by atoms with Gasteiger partial charge in [-0.2, -0.15) is 0 Å². The topological polar surface area (TPSA) is 93.5 Å². The third kappa shape index (κ3) is 3.84. The van der Waals surface area contributed by atoms with Crippen molar-refractivity contribution in [1.29, 1.82) is 0 Å². The van der Waals surface area contributed by atoms with E-state index in [1.165, 1.54) is 18.9 Å². The van der Waals surface area contributed by atoms with Crippen molar-refractivity contribution in [2.45, 2.75) is 56.7 Å². The molecule has 1 atom stereocenters. The third-order valence-electron chi connectivity index (χ3n) is 4.97. The van der Waals surface area contributed by atoms with Crippen LogP contribution in [0.25, 0.3) is 0 Å². The van der Waals surface area contributed by atoms with Crippen LogP contribution in [0.15, 0.2) is 24.3 Å². The maximum atomic E-state index is 12.1. The van der Waals surface area contributed by atoms with Crippen LogP contribution in [-0.4, -0.2) is 29.2 Å². The van der Waals surface area contributed by atoms with E-state index in [0.717, 1.165) is 25.7 Å². The number of para-hydroxylation sites is 1. The second-order valence-electron chi connectivity index (χ2n) is 6.64. The Morgan fingerprint density at radius 1 is 1.33 bits per heavy atom. The van der Waals surface area contributed by atoms with Crippen molar-refractivity contribution in [2.75, 3.05) is 6.61 Å². The number of amides is 2. The van der Waals surface area contributed by atoms with Crippen LogP contribution in [0.2, 0.25) is 0 Å². The van der Waals surface area contributed by atoms with Crippen LogP contribution in [0.5, 0.6) is 0 Å². The molecule has 7 heteroatoms. The quantitative estimate of drug-likeness (QED) is 0.654. The molecule has 2 amide bonds. The number of nitrogens with zero attached hydrogens (tertiary/aromatic N) is 1. The van der Waals surface area contributed by atoms with Crippen LogP contribution >= 0.6 is 0 Å². The van der Waals surface area contributed by atoms with Crippen molar-refractivity contribution in [3.05, 3.63) is 39.9 Å². The number of nitrogens with one attached hydrogen (secondary N) is 2. The molecular weight excluding hydrogens is 310 g/mol. The second-order valence-corrected chi connectivity index (χ2v) is 6.64. The minimum Gasteiger partial charge on any atom is -0.375 e. The van der Waals surface area contributed by atoms with Crippen molar-refractivity contribution in [3.8, 4) is 0 Å². The van der Waals surface area contributed by atoms with E-state index in [9.17, 15) is 14.9 Å². The monoisotopic (exact) mass is 333 g/mol. The molecule has 2 fully saturated rings. The number of hydrogen-bond donors (Lipinski definition) is 2. The van der Waals surface area contributed by atoms with E-state index in [2.05, 4.69) is 10.6 Å². The molecule has 1 aromatic rings. The first-order valence-corrected chi connectivity index (χ1v) is 8.49. The summed E-state index contributed by atoms with van der Waals surface area (Å²) in [5.74, 6) is 0. The number of carbonyl (C=O) groups is 1. The molecule has 0 bridgehead atoms. The number of ether oxygens (including phenoxy) is 1. The van der Waals surface area contributed by atoms with E-state index in [1.807, 2.05) is 0 Å². The average molecular weight is 333 g/mol. The zero-order valence-electron chi connectivity index (χ0n) is 13.6. The number of rotatable bonds is 4. The van der Waals surface area contributed by atoms with Gasteiger partial charge in [0.15, 0.2) is 0 Å². The standard InChI is InChI=1S/C17H23N3O4/c21-16(18-12-13-5-1-2-6-15(13)20(22)23)19-14-7-10-24-17(11-14)8-3-4-9-17/h1-2,5-6,14H,3-4,7-12H2,(H2,18,19,21)/t14-/m1/s1. The van der Waals surface area contributed by atoms with Crippen molar-refractivity contribution in [3.63, 3.8) is 0 Å². The zero-order chi connectivity index (χ0) is 17.0. The van der Waals surface area contributed by atoms with Crippen LogP contribution in [0.4, 0.5) is 10.5 Å². The summed E-state index contributed by atoms with van der Waals surface area (Å²) in [6.07, 6.45) is 6.19. The first kappa shape index (κ1) is 16.7. The Morgan fingerprint density at radius 2 is 2.08 bits per heavy atom. The van der Waals surface area contributed by atoms with E-state index in [4.69, 9.17) is 4.74 Å². The van der Waals surface area contributed by atoms with Crippen LogP contribution < -0.4 is 10.6 Å².